The Morgan fingerprint density at radius 3 is 2.72 bits per heavy atom. The first-order valence-corrected chi connectivity index (χ1v) is 8.45. The number of nitrogens with zero attached hydrogens (tertiary/aromatic N) is 4. The number of benzene rings is 1. The van der Waals surface area contributed by atoms with Crippen LogP contribution in [0.2, 0.25) is 0 Å². The lowest BCUT2D eigenvalue weighted by molar-refractivity contribution is 0.0975. The molecule has 3 aromatic rings. The Bertz CT molecular complexity index is 899. The third-order valence-electron chi connectivity index (χ3n) is 4.83. The molecule has 1 fully saturated rings. The number of hydrogen-bond donors (Lipinski definition) is 0. The van der Waals surface area contributed by atoms with Crippen LogP contribution in [0.3, 0.4) is 0 Å². The minimum atomic E-state index is -0.00623. The third kappa shape index (κ3) is 2.95. The van der Waals surface area contributed by atoms with Crippen molar-refractivity contribution in [3.63, 3.8) is 0 Å². The molecule has 1 amide bonds. The summed E-state index contributed by atoms with van der Waals surface area (Å²) in [6, 6.07) is 11.4. The monoisotopic (exact) mass is 336 g/mol. The summed E-state index contributed by atoms with van der Waals surface area (Å²) < 4.78 is 6.89. The van der Waals surface area contributed by atoms with Crippen molar-refractivity contribution < 1.29 is 9.53 Å². The molecule has 1 saturated carbocycles. The number of pyridine rings is 1. The number of hydrogen-bond acceptors (Lipinski definition) is 4. The van der Waals surface area contributed by atoms with Crippen molar-refractivity contribution in [3.8, 4) is 5.75 Å². The number of methoxy groups -OCH3 is 1. The molecule has 6 nitrogen and oxygen atoms in total. The van der Waals surface area contributed by atoms with Crippen LogP contribution in [0, 0.1) is 5.92 Å². The van der Waals surface area contributed by atoms with Gasteiger partial charge in [0.2, 0.25) is 0 Å². The number of carbonyl (C=O) groups excluding carboxylic acids is 1. The second-order valence-electron chi connectivity index (χ2n) is 6.47. The SMILES string of the molecule is COc1ccc(N(C(=O)c2ccn3nncc3c2)C(C)C2CC2)cc1. The molecule has 2 heterocycles. The van der Waals surface area contributed by atoms with Crippen molar-refractivity contribution in [2.45, 2.75) is 25.8 Å². The van der Waals surface area contributed by atoms with Gasteiger partial charge in [-0.2, -0.15) is 0 Å². The van der Waals surface area contributed by atoms with Gasteiger partial charge in [0, 0.05) is 23.5 Å². The number of ether oxygens (including phenoxy) is 1. The van der Waals surface area contributed by atoms with Crippen LogP contribution < -0.4 is 9.64 Å². The molecule has 1 atom stereocenters. The van der Waals surface area contributed by atoms with Crippen molar-refractivity contribution >= 4 is 17.1 Å². The van der Waals surface area contributed by atoms with Crippen molar-refractivity contribution in [2.24, 2.45) is 5.92 Å². The van der Waals surface area contributed by atoms with E-state index in [0.717, 1.165) is 17.0 Å². The lowest BCUT2D eigenvalue weighted by Crippen LogP contribution is -2.40. The average Bonchev–Trinajstić information content (AvgIpc) is 3.39. The fourth-order valence-corrected chi connectivity index (χ4v) is 3.17. The number of rotatable bonds is 5. The average molecular weight is 336 g/mol. The number of aromatic nitrogens is 3. The van der Waals surface area contributed by atoms with Crippen LogP contribution in [0.15, 0.2) is 48.8 Å². The summed E-state index contributed by atoms with van der Waals surface area (Å²) in [5.74, 6) is 1.33. The molecule has 4 rings (SSSR count). The number of carbonyl (C=O) groups is 1. The van der Waals surface area contributed by atoms with E-state index in [4.69, 9.17) is 4.74 Å². The van der Waals surface area contributed by atoms with E-state index >= 15 is 0 Å². The Hall–Kier alpha value is -2.89. The molecule has 25 heavy (non-hydrogen) atoms. The molecule has 0 saturated heterocycles. The smallest absolute Gasteiger partial charge is 0.258 e. The van der Waals surface area contributed by atoms with E-state index < -0.39 is 0 Å². The summed E-state index contributed by atoms with van der Waals surface area (Å²) in [7, 11) is 1.64. The lowest BCUT2D eigenvalue weighted by Gasteiger charge is -2.30. The van der Waals surface area contributed by atoms with Crippen LogP contribution in [-0.2, 0) is 0 Å². The molecule has 2 aromatic heterocycles. The van der Waals surface area contributed by atoms with Gasteiger partial charge in [-0.05, 0) is 62.1 Å². The highest BCUT2D eigenvalue weighted by molar-refractivity contribution is 6.07. The first-order valence-electron chi connectivity index (χ1n) is 8.45. The molecule has 128 valence electrons. The Morgan fingerprint density at radius 1 is 1.28 bits per heavy atom. The predicted molar refractivity (Wildman–Crippen MR) is 95.0 cm³/mol. The minimum Gasteiger partial charge on any atom is -0.497 e. The van der Waals surface area contributed by atoms with Crippen LogP contribution in [-0.4, -0.2) is 33.9 Å². The predicted octanol–water partition coefficient (Wildman–Crippen LogP) is 3.18. The molecule has 0 spiro atoms. The van der Waals surface area contributed by atoms with E-state index in [-0.39, 0.29) is 11.9 Å². The van der Waals surface area contributed by atoms with Crippen molar-refractivity contribution in [2.75, 3.05) is 12.0 Å². The van der Waals surface area contributed by atoms with E-state index in [0.29, 0.717) is 11.5 Å². The van der Waals surface area contributed by atoms with Crippen LogP contribution in [0.1, 0.15) is 30.1 Å². The Morgan fingerprint density at radius 2 is 2.04 bits per heavy atom. The molecule has 1 unspecified atom stereocenters. The van der Waals surface area contributed by atoms with Gasteiger partial charge < -0.3 is 9.64 Å². The molecule has 0 aliphatic heterocycles. The molecule has 1 aliphatic carbocycles. The Balaban J connectivity index is 1.71. The van der Waals surface area contributed by atoms with Gasteiger partial charge in [0.25, 0.3) is 5.91 Å². The van der Waals surface area contributed by atoms with Gasteiger partial charge in [0.15, 0.2) is 0 Å². The summed E-state index contributed by atoms with van der Waals surface area (Å²) >= 11 is 0. The molecular weight excluding hydrogens is 316 g/mol. The zero-order valence-corrected chi connectivity index (χ0v) is 14.3. The second kappa shape index (κ2) is 6.20. The molecule has 0 N–H and O–H groups in total. The molecule has 1 aliphatic rings. The topological polar surface area (TPSA) is 59.7 Å². The number of amides is 1. The van der Waals surface area contributed by atoms with Crippen LogP contribution in [0.25, 0.3) is 5.52 Å². The van der Waals surface area contributed by atoms with E-state index in [1.54, 1.807) is 30.1 Å². The summed E-state index contributed by atoms with van der Waals surface area (Å²) in [6.45, 7) is 2.12. The molecule has 0 radical (unpaired) electrons. The van der Waals surface area contributed by atoms with Gasteiger partial charge in [0.05, 0.1) is 18.8 Å². The minimum absolute atomic E-state index is 0.00623. The van der Waals surface area contributed by atoms with Gasteiger partial charge >= 0.3 is 0 Å². The molecular formula is C19H20N4O2. The van der Waals surface area contributed by atoms with Gasteiger partial charge in [0.1, 0.15) is 5.75 Å². The first-order chi connectivity index (χ1) is 12.2. The maximum absolute atomic E-state index is 13.3. The zero-order valence-electron chi connectivity index (χ0n) is 14.3. The second-order valence-corrected chi connectivity index (χ2v) is 6.47. The standard InChI is InChI=1S/C19H20N4O2/c1-13(14-3-4-14)23(16-5-7-18(25-2)8-6-16)19(24)15-9-10-22-17(11-15)12-20-21-22/h5-14H,3-4H2,1-2H3. The van der Waals surface area contributed by atoms with Gasteiger partial charge in [-0.25, -0.2) is 4.52 Å². The summed E-state index contributed by atoms with van der Waals surface area (Å²) in [4.78, 5) is 15.2. The Labute approximate surface area is 146 Å². The van der Waals surface area contributed by atoms with E-state index in [9.17, 15) is 4.79 Å². The van der Waals surface area contributed by atoms with Crippen molar-refractivity contribution in [1.29, 1.82) is 0 Å². The molecule has 0 bridgehead atoms. The van der Waals surface area contributed by atoms with Gasteiger partial charge in [-0.15, -0.1) is 5.10 Å². The number of anilines is 1. The maximum atomic E-state index is 13.3. The molecule has 6 heteroatoms. The fourth-order valence-electron chi connectivity index (χ4n) is 3.17. The third-order valence-corrected chi connectivity index (χ3v) is 4.83. The largest absolute Gasteiger partial charge is 0.497 e. The highest BCUT2D eigenvalue weighted by Crippen LogP contribution is 2.38. The highest BCUT2D eigenvalue weighted by Gasteiger charge is 2.35. The lowest BCUT2D eigenvalue weighted by atomic mass is 10.1. The van der Waals surface area contributed by atoms with E-state index in [1.165, 1.54) is 12.8 Å². The maximum Gasteiger partial charge on any atom is 0.258 e. The highest BCUT2D eigenvalue weighted by atomic mass is 16.5. The van der Waals surface area contributed by atoms with E-state index in [2.05, 4.69) is 17.2 Å². The van der Waals surface area contributed by atoms with Crippen LogP contribution in [0.4, 0.5) is 5.69 Å². The van der Waals surface area contributed by atoms with Crippen LogP contribution >= 0.6 is 0 Å². The first kappa shape index (κ1) is 15.6. The summed E-state index contributed by atoms with van der Waals surface area (Å²) in [6.07, 6.45) is 5.77. The van der Waals surface area contributed by atoms with Gasteiger partial charge in [-0.3, -0.25) is 4.79 Å². The quantitative estimate of drug-likeness (QED) is 0.718. The Kier molecular flexibility index (Phi) is 3.87. The van der Waals surface area contributed by atoms with Gasteiger partial charge in [-0.1, -0.05) is 5.21 Å². The number of fused-ring (bicyclic) bond motifs is 1. The summed E-state index contributed by atoms with van der Waals surface area (Å²) in [5, 5.41) is 7.81. The van der Waals surface area contributed by atoms with Crippen LogP contribution in [0.5, 0.6) is 5.75 Å². The zero-order chi connectivity index (χ0) is 17.4. The fraction of sp³-hybridized carbons (Fsp3) is 0.316. The van der Waals surface area contributed by atoms with Crippen molar-refractivity contribution in [3.05, 3.63) is 54.4 Å². The molecule has 1 aromatic carbocycles. The normalized spacial score (nSPS) is 15.1. The summed E-state index contributed by atoms with van der Waals surface area (Å²) in [5.41, 5.74) is 2.33. The van der Waals surface area contributed by atoms with E-state index in [1.807, 2.05) is 35.2 Å². The van der Waals surface area contributed by atoms with Crippen molar-refractivity contribution in [1.82, 2.24) is 14.8 Å².